The largest absolute Gasteiger partial charge is 0.381 e. The van der Waals surface area contributed by atoms with Crippen LogP contribution in [0.25, 0.3) is 5.65 Å². The number of rotatable bonds is 2. The van der Waals surface area contributed by atoms with E-state index in [1.807, 2.05) is 10.5 Å². The Kier molecular flexibility index (Phi) is 4.58. The summed E-state index contributed by atoms with van der Waals surface area (Å²) in [5, 5.41) is 0.639. The minimum atomic E-state index is 0.0540. The number of imidazole rings is 1. The number of amides is 1. The van der Waals surface area contributed by atoms with Crippen molar-refractivity contribution in [2.75, 3.05) is 32.8 Å². The molecule has 4 saturated heterocycles. The van der Waals surface area contributed by atoms with Gasteiger partial charge in [0.05, 0.1) is 5.02 Å². The van der Waals surface area contributed by atoms with Crippen molar-refractivity contribution in [2.45, 2.75) is 37.8 Å². The third kappa shape index (κ3) is 3.35. The summed E-state index contributed by atoms with van der Waals surface area (Å²) < 4.78 is 7.37. The summed E-state index contributed by atoms with van der Waals surface area (Å²) in [5.74, 6) is 0.611. The first-order valence-corrected chi connectivity index (χ1v) is 10.3. The average molecular weight is 389 g/mol. The zero-order valence-corrected chi connectivity index (χ0v) is 16.1. The fourth-order valence-corrected chi connectivity index (χ4v) is 5.10. The SMILES string of the molecule is O=C(c1cn2cc(Cl)ccc2n1)N1C[C@H]2CC[C@@H]1CN(C1CCOCC1)C2. The minimum absolute atomic E-state index is 0.0540. The summed E-state index contributed by atoms with van der Waals surface area (Å²) >= 11 is 6.06. The molecule has 0 saturated carbocycles. The highest BCUT2D eigenvalue weighted by Gasteiger charge is 2.40. The number of fused-ring (bicyclic) bond motifs is 5. The standard InChI is InChI=1S/C20H25ClN4O2/c21-15-2-4-19-22-18(13-24(19)11-15)20(26)25-10-14-1-3-17(25)12-23(9-14)16-5-7-27-8-6-16/h2,4,11,13-14,16-17H,1,3,5-10,12H2/t14-,17+/m0/s1. The van der Waals surface area contributed by atoms with Crippen molar-refractivity contribution in [2.24, 2.45) is 5.92 Å². The monoisotopic (exact) mass is 388 g/mol. The quantitative estimate of drug-likeness (QED) is 0.793. The second-order valence-corrected chi connectivity index (χ2v) is 8.53. The van der Waals surface area contributed by atoms with Crippen LogP contribution in [0, 0.1) is 5.92 Å². The first-order valence-electron chi connectivity index (χ1n) is 9.94. The first kappa shape index (κ1) is 17.5. The second kappa shape index (κ2) is 7.08. The van der Waals surface area contributed by atoms with Gasteiger partial charge in [-0.25, -0.2) is 4.98 Å². The summed E-state index contributed by atoms with van der Waals surface area (Å²) in [6.45, 7) is 4.65. The van der Waals surface area contributed by atoms with Gasteiger partial charge in [-0.1, -0.05) is 11.6 Å². The molecule has 27 heavy (non-hydrogen) atoms. The summed E-state index contributed by atoms with van der Waals surface area (Å²) in [6, 6.07) is 4.54. The Morgan fingerprint density at radius 2 is 1.89 bits per heavy atom. The van der Waals surface area contributed by atoms with E-state index >= 15 is 0 Å². The van der Waals surface area contributed by atoms with Crippen molar-refractivity contribution >= 4 is 23.2 Å². The number of carbonyl (C=O) groups is 1. The molecule has 0 aromatic carbocycles. The van der Waals surface area contributed by atoms with E-state index in [0.717, 1.165) is 57.8 Å². The van der Waals surface area contributed by atoms with E-state index < -0.39 is 0 Å². The minimum Gasteiger partial charge on any atom is -0.381 e. The highest BCUT2D eigenvalue weighted by Crippen LogP contribution is 2.31. The molecule has 4 aliphatic rings. The summed E-state index contributed by atoms with van der Waals surface area (Å²) in [5.41, 5.74) is 1.27. The van der Waals surface area contributed by atoms with Crippen LogP contribution in [0.5, 0.6) is 0 Å². The van der Waals surface area contributed by atoms with E-state index in [0.29, 0.717) is 22.7 Å². The molecule has 0 unspecified atom stereocenters. The third-order valence-corrected chi connectivity index (χ3v) is 6.57. The molecule has 6 heterocycles. The molecule has 0 spiro atoms. The molecule has 0 radical (unpaired) electrons. The lowest BCUT2D eigenvalue weighted by molar-refractivity contribution is 0.0304. The van der Waals surface area contributed by atoms with Crippen LogP contribution in [0.15, 0.2) is 24.5 Å². The Bertz CT molecular complexity index is 848. The molecule has 4 fully saturated rings. The fraction of sp³-hybridized carbons (Fsp3) is 0.600. The van der Waals surface area contributed by atoms with E-state index in [-0.39, 0.29) is 11.9 Å². The molecule has 6 nitrogen and oxygen atoms in total. The lowest BCUT2D eigenvalue weighted by Crippen LogP contribution is -2.48. The Labute approximate surface area is 164 Å². The van der Waals surface area contributed by atoms with Crippen LogP contribution in [0.4, 0.5) is 0 Å². The van der Waals surface area contributed by atoms with E-state index in [1.165, 1.54) is 6.42 Å². The number of piperidine rings is 1. The molecule has 2 aromatic heterocycles. The van der Waals surface area contributed by atoms with Crippen molar-refractivity contribution < 1.29 is 9.53 Å². The van der Waals surface area contributed by atoms with Crippen molar-refractivity contribution in [3.8, 4) is 0 Å². The average Bonchev–Trinajstić information content (AvgIpc) is 2.89. The molecule has 0 aliphatic carbocycles. The van der Waals surface area contributed by atoms with Gasteiger partial charge in [0.15, 0.2) is 0 Å². The Balaban J connectivity index is 1.37. The zero-order chi connectivity index (χ0) is 18.4. The Hall–Kier alpha value is -1.63. The molecule has 1 amide bonds. The van der Waals surface area contributed by atoms with Gasteiger partial charge in [-0.15, -0.1) is 0 Å². The maximum atomic E-state index is 13.3. The Morgan fingerprint density at radius 1 is 1.04 bits per heavy atom. The number of hydrogen-bond acceptors (Lipinski definition) is 4. The smallest absolute Gasteiger partial charge is 0.274 e. The van der Waals surface area contributed by atoms with E-state index in [2.05, 4.69) is 14.8 Å². The highest BCUT2D eigenvalue weighted by atomic mass is 35.5. The zero-order valence-electron chi connectivity index (χ0n) is 15.4. The maximum Gasteiger partial charge on any atom is 0.274 e. The normalized spacial score (nSPS) is 27.2. The van der Waals surface area contributed by atoms with Crippen LogP contribution in [0.3, 0.4) is 0 Å². The molecule has 6 rings (SSSR count). The van der Waals surface area contributed by atoms with Crippen LogP contribution in [-0.4, -0.2) is 70.0 Å². The molecule has 2 bridgehead atoms. The molecule has 0 N–H and O–H groups in total. The van der Waals surface area contributed by atoms with Gasteiger partial charge in [0.1, 0.15) is 11.3 Å². The topological polar surface area (TPSA) is 50.1 Å². The number of halogens is 1. The molecule has 144 valence electrons. The lowest BCUT2D eigenvalue weighted by Gasteiger charge is -2.36. The summed E-state index contributed by atoms with van der Waals surface area (Å²) in [7, 11) is 0. The predicted octanol–water partition coefficient (Wildman–Crippen LogP) is 2.70. The molecule has 2 atom stereocenters. The van der Waals surface area contributed by atoms with Gasteiger partial charge in [0.2, 0.25) is 0 Å². The van der Waals surface area contributed by atoms with Gasteiger partial charge < -0.3 is 14.0 Å². The van der Waals surface area contributed by atoms with Gasteiger partial charge in [-0.2, -0.15) is 0 Å². The summed E-state index contributed by atoms with van der Waals surface area (Å²) in [6.07, 6.45) is 8.13. The van der Waals surface area contributed by atoms with Crippen LogP contribution in [0.1, 0.15) is 36.2 Å². The number of aromatic nitrogens is 2. The van der Waals surface area contributed by atoms with E-state index in [9.17, 15) is 4.79 Å². The second-order valence-electron chi connectivity index (χ2n) is 8.09. The van der Waals surface area contributed by atoms with Gasteiger partial charge in [0, 0.05) is 57.3 Å². The number of ether oxygens (including phenoxy) is 1. The predicted molar refractivity (Wildman–Crippen MR) is 103 cm³/mol. The van der Waals surface area contributed by atoms with Crippen molar-refractivity contribution in [3.63, 3.8) is 0 Å². The van der Waals surface area contributed by atoms with Crippen LogP contribution >= 0.6 is 11.6 Å². The van der Waals surface area contributed by atoms with Crippen molar-refractivity contribution in [1.29, 1.82) is 0 Å². The Morgan fingerprint density at radius 3 is 2.74 bits per heavy atom. The molecular formula is C20H25ClN4O2. The summed E-state index contributed by atoms with van der Waals surface area (Å²) in [4.78, 5) is 22.5. The van der Waals surface area contributed by atoms with Crippen molar-refractivity contribution in [3.05, 3.63) is 35.2 Å². The van der Waals surface area contributed by atoms with Gasteiger partial charge in [0.25, 0.3) is 5.91 Å². The number of pyridine rings is 1. The molecule has 2 aromatic rings. The molecule has 4 aliphatic heterocycles. The van der Waals surface area contributed by atoms with Gasteiger partial charge in [-0.05, 0) is 43.7 Å². The van der Waals surface area contributed by atoms with Crippen LogP contribution in [0.2, 0.25) is 5.02 Å². The fourth-order valence-electron chi connectivity index (χ4n) is 4.93. The maximum absolute atomic E-state index is 13.3. The lowest BCUT2D eigenvalue weighted by atomic mass is 9.94. The van der Waals surface area contributed by atoms with E-state index in [1.54, 1.807) is 18.5 Å². The number of carbonyl (C=O) groups excluding carboxylic acids is 1. The van der Waals surface area contributed by atoms with E-state index in [4.69, 9.17) is 16.3 Å². The van der Waals surface area contributed by atoms with Crippen molar-refractivity contribution in [1.82, 2.24) is 19.2 Å². The van der Waals surface area contributed by atoms with Gasteiger partial charge in [-0.3, -0.25) is 9.69 Å². The number of hydrogen-bond donors (Lipinski definition) is 0. The highest BCUT2D eigenvalue weighted by molar-refractivity contribution is 6.30. The third-order valence-electron chi connectivity index (χ3n) is 6.34. The molecule has 7 heteroatoms. The molecular weight excluding hydrogens is 364 g/mol. The first-order chi connectivity index (χ1) is 13.2. The van der Waals surface area contributed by atoms with Crippen LogP contribution in [-0.2, 0) is 4.74 Å². The van der Waals surface area contributed by atoms with Crippen LogP contribution < -0.4 is 0 Å². The van der Waals surface area contributed by atoms with Gasteiger partial charge >= 0.3 is 0 Å². The number of nitrogens with zero attached hydrogens (tertiary/aromatic N) is 4.